The molecular formula is C14H21N3O4S. The molecule has 7 nitrogen and oxygen atoms in total. The van der Waals surface area contributed by atoms with E-state index in [1.54, 1.807) is 30.0 Å². The highest BCUT2D eigenvalue weighted by Crippen LogP contribution is 2.29. The minimum atomic E-state index is -0.728. The van der Waals surface area contributed by atoms with Crippen LogP contribution in [0.25, 0.3) is 0 Å². The van der Waals surface area contributed by atoms with Gasteiger partial charge in [0, 0.05) is 11.8 Å². The molecule has 1 unspecified atom stereocenters. The Morgan fingerprint density at radius 2 is 1.95 bits per heavy atom. The predicted molar refractivity (Wildman–Crippen MR) is 87.7 cm³/mol. The lowest BCUT2D eigenvalue weighted by Crippen LogP contribution is -2.46. The second-order valence-electron chi connectivity index (χ2n) is 4.40. The van der Waals surface area contributed by atoms with Gasteiger partial charge in [-0.1, -0.05) is 0 Å². The summed E-state index contributed by atoms with van der Waals surface area (Å²) in [4.78, 5) is 23.2. The van der Waals surface area contributed by atoms with Crippen molar-refractivity contribution in [1.82, 2.24) is 5.32 Å². The van der Waals surface area contributed by atoms with Crippen molar-refractivity contribution >= 4 is 29.4 Å². The lowest BCUT2D eigenvalue weighted by Gasteiger charge is -2.17. The van der Waals surface area contributed by atoms with Crippen LogP contribution >= 0.6 is 11.8 Å². The van der Waals surface area contributed by atoms with Crippen molar-refractivity contribution in [2.75, 3.05) is 31.5 Å². The van der Waals surface area contributed by atoms with Gasteiger partial charge in [-0.25, -0.2) is 4.79 Å². The number of carbonyl (C=O) groups is 2. The average Bonchev–Trinajstić information content (AvgIpc) is 2.50. The quantitative estimate of drug-likeness (QED) is 0.670. The van der Waals surface area contributed by atoms with Gasteiger partial charge in [0.1, 0.15) is 6.04 Å². The molecule has 0 bridgehead atoms. The van der Waals surface area contributed by atoms with Crippen LogP contribution in [0.3, 0.4) is 0 Å². The molecule has 0 aliphatic rings. The highest BCUT2D eigenvalue weighted by molar-refractivity contribution is 7.98. The maximum Gasteiger partial charge on any atom is 0.312 e. The summed E-state index contributed by atoms with van der Waals surface area (Å²) >= 11 is 1.58. The third kappa shape index (κ3) is 5.36. The van der Waals surface area contributed by atoms with Gasteiger partial charge in [-0.15, -0.1) is 0 Å². The van der Waals surface area contributed by atoms with E-state index in [0.29, 0.717) is 23.6 Å². The number of methoxy groups -OCH3 is 2. The highest BCUT2D eigenvalue weighted by Gasteiger charge is 2.20. The van der Waals surface area contributed by atoms with Crippen molar-refractivity contribution in [3.05, 3.63) is 18.2 Å². The van der Waals surface area contributed by atoms with Gasteiger partial charge in [0.05, 0.1) is 14.2 Å². The molecule has 4 N–H and O–H groups in total. The predicted octanol–water partition coefficient (Wildman–Crippen LogP) is 1.43. The second-order valence-corrected chi connectivity index (χ2v) is 5.39. The Kier molecular flexibility index (Phi) is 7.38. The van der Waals surface area contributed by atoms with Gasteiger partial charge in [0.15, 0.2) is 11.5 Å². The molecule has 0 aliphatic carbocycles. The summed E-state index contributed by atoms with van der Waals surface area (Å²) in [6.45, 7) is 0. The normalized spacial score (nSPS) is 11.4. The lowest BCUT2D eigenvalue weighted by molar-refractivity contribution is -0.117. The molecule has 1 rings (SSSR count). The molecule has 0 aromatic heterocycles. The monoisotopic (exact) mass is 327 g/mol. The Labute approximate surface area is 133 Å². The van der Waals surface area contributed by atoms with E-state index in [0.717, 1.165) is 5.75 Å². The second kappa shape index (κ2) is 9.04. The number of rotatable bonds is 8. The number of hydrogen-bond acceptors (Lipinski definition) is 5. The first-order chi connectivity index (χ1) is 10.5. The number of hydrogen-bond donors (Lipinski definition) is 3. The van der Waals surface area contributed by atoms with Crippen molar-refractivity contribution in [3.63, 3.8) is 0 Å². The summed E-state index contributed by atoms with van der Waals surface area (Å²) in [5.41, 5.74) is 5.65. The van der Waals surface area contributed by atoms with Crippen LogP contribution in [0.2, 0.25) is 0 Å². The first-order valence-electron chi connectivity index (χ1n) is 6.59. The molecule has 122 valence electrons. The number of amides is 3. The minimum absolute atomic E-state index is 0.333. The Balaban J connectivity index is 2.81. The molecule has 0 saturated carbocycles. The van der Waals surface area contributed by atoms with Gasteiger partial charge < -0.3 is 25.8 Å². The van der Waals surface area contributed by atoms with Crippen LogP contribution in [0.5, 0.6) is 11.5 Å². The molecule has 8 heteroatoms. The third-order valence-corrected chi connectivity index (χ3v) is 3.54. The molecule has 0 aliphatic heterocycles. The summed E-state index contributed by atoms with van der Waals surface area (Å²) in [5, 5.41) is 5.17. The molecule has 0 fully saturated rings. The third-order valence-electron chi connectivity index (χ3n) is 2.89. The molecule has 0 saturated heterocycles. The van der Waals surface area contributed by atoms with E-state index < -0.39 is 12.1 Å². The summed E-state index contributed by atoms with van der Waals surface area (Å²) in [7, 11) is 3.05. The number of carbonyl (C=O) groups excluding carboxylic acids is 2. The van der Waals surface area contributed by atoms with Crippen LogP contribution in [0.4, 0.5) is 10.5 Å². The zero-order chi connectivity index (χ0) is 16.5. The summed E-state index contributed by atoms with van der Waals surface area (Å²) < 4.78 is 10.3. The first kappa shape index (κ1) is 18.0. The van der Waals surface area contributed by atoms with Gasteiger partial charge in [-0.3, -0.25) is 4.79 Å². The van der Waals surface area contributed by atoms with Crippen molar-refractivity contribution in [3.8, 4) is 11.5 Å². The largest absolute Gasteiger partial charge is 0.493 e. The molecule has 1 aromatic carbocycles. The summed E-state index contributed by atoms with van der Waals surface area (Å²) in [6, 6.07) is 3.61. The van der Waals surface area contributed by atoms with Crippen molar-refractivity contribution < 1.29 is 19.1 Å². The first-order valence-corrected chi connectivity index (χ1v) is 7.99. The Morgan fingerprint density at radius 1 is 1.27 bits per heavy atom. The Hall–Kier alpha value is -2.09. The number of benzene rings is 1. The molecule has 0 heterocycles. The van der Waals surface area contributed by atoms with E-state index in [-0.39, 0.29) is 5.91 Å². The van der Waals surface area contributed by atoms with E-state index in [1.807, 2.05) is 6.26 Å². The van der Waals surface area contributed by atoms with Gasteiger partial charge in [0.25, 0.3) is 0 Å². The number of primary amides is 1. The molecule has 3 amide bonds. The van der Waals surface area contributed by atoms with Gasteiger partial charge in [0.2, 0.25) is 5.91 Å². The van der Waals surface area contributed by atoms with Gasteiger partial charge in [-0.2, -0.15) is 11.8 Å². The molecule has 22 heavy (non-hydrogen) atoms. The topological polar surface area (TPSA) is 103 Å². The van der Waals surface area contributed by atoms with Crippen LogP contribution in [0, 0.1) is 0 Å². The maximum absolute atomic E-state index is 12.2. The van der Waals surface area contributed by atoms with Crippen LogP contribution in [0.15, 0.2) is 18.2 Å². The summed E-state index contributed by atoms with van der Waals surface area (Å²) in [5.74, 6) is 1.46. The number of thioether (sulfide) groups is 1. The Bertz CT molecular complexity index is 525. The minimum Gasteiger partial charge on any atom is -0.493 e. The van der Waals surface area contributed by atoms with E-state index in [9.17, 15) is 9.59 Å². The standard InChI is InChI=1S/C14H21N3O4S/c1-20-11-5-4-9(8-12(11)21-2)16-13(18)10(6-7-22-3)17-14(15)19/h4-5,8,10H,6-7H2,1-3H3,(H,16,18)(H3,15,17,19). The van der Waals surface area contributed by atoms with E-state index in [1.165, 1.54) is 14.2 Å². The Morgan fingerprint density at radius 3 is 2.50 bits per heavy atom. The van der Waals surface area contributed by atoms with Crippen molar-refractivity contribution in [1.29, 1.82) is 0 Å². The summed E-state index contributed by atoms with van der Waals surface area (Å²) in [6.07, 6.45) is 2.41. The van der Waals surface area contributed by atoms with Crippen molar-refractivity contribution in [2.24, 2.45) is 5.73 Å². The van der Waals surface area contributed by atoms with Crippen LogP contribution in [-0.4, -0.2) is 44.2 Å². The van der Waals surface area contributed by atoms with Gasteiger partial charge >= 0.3 is 6.03 Å². The van der Waals surface area contributed by atoms with E-state index in [2.05, 4.69) is 10.6 Å². The number of nitrogens with one attached hydrogen (secondary N) is 2. The lowest BCUT2D eigenvalue weighted by atomic mass is 10.2. The van der Waals surface area contributed by atoms with Crippen LogP contribution in [-0.2, 0) is 4.79 Å². The number of nitrogens with two attached hydrogens (primary N) is 1. The highest BCUT2D eigenvalue weighted by atomic mass is 32.2. The average molecular weight is 327 g/mol. The van der Waals surface area contributed by atoms with Crippen molar-refractivity contribution in [2.45, 2.75) is 12.5 Å². The smallest absolute Gasteiger partial charge is 0.312 e. The van der Waals surface area contributed by atoms with E-state index in [4.69, 9.17) is 15.2 Å². The van der Waals surface area contributed by atoms with Crippen LogP contribution < -0.4 is 25.8 Å². The number of urea groups is 1. The zero-order valence-corrected chi connectivity index (χ0v) is 13.7. The van der Waals surface area contributed by atoms with Crippen LogP contribution in [0.1, 0.15) is 6.42 Å². The SMILES string of the molecule is COc1ccc(NC(=O)C(CCSC)NC(N)=O)cc1OC. The fourth-order valence-electron chi connectivity index (χ4n) is 1.82. The van der Waals surface area contributed by atoms with Gasteiger partial charge in [-0.05, 0) is 30.6 Å². The molecule has 0 spiro atoms. The molecule has 1 aromatic rings. The molecule has 1 atom stereocenters. The zero-order valence-electron chi connectivity index (χ0n) is 12.8. The fraction of sp³-hybridized carbons (Fsp3) is 0.429. The number of anilines is 1. The van der Waals surface area contributed by atoms with E-state index >= 15 is 0 Å². The fourth-order valence-corrected chi connectivity index (χ4v) is 2.29. The maximum atomic E-state index is 12.2. The molecular weight excluding hydrogens is 306 g/mol. The number of ether oxygens (including phenoxy) is 2. The molecule has 0 radical (unpaired) electrons.